The number of hydrogen-bond acceptors (Lipinski definition) is 2. The third-order valence-corrected chi connectivity index (χ3v) is 3.22. The van der Waals surface area contributed by atoms with Crippen molar-refractivity contribution in [2.45, 2.75) is 39.8 Å². The van der Waals surface area contributed by atoms with Crippen molar-refractivity contribution in [2.24, 2.45) is 5.73 Å². The molecule has 1 amide bonds. The zero-order chi connectivity index (χ0) is 12.8. The van der Waals surface area contributed by atoms with Crippen LogP contribution in [-0.4, -0.2) is 23.4 Å². The number of carbonyl (C=O) groups excluding carboxylic acids is 1. The molecule has 94 valence electrons. The average molecular weight is 234 g/mol. The number of rotatable bonds is 5. The SMILES string of the molecule is CCC(C)N(Cc1ccccc1C)C(=O)CN. The van der Waals surface area contributed by atoms with Crippen LogP contribution in [0.25, 0.3) is 0 Å². The monoisotopic (exact) mass is 234 g/mol. The van der Waals surface area contributed by atoms with Crippen molar-refractivity contribution >= 4 is 5.91 Å². The summed E-state index contributed by atoms with van der Waals surface area (Å²) in [6.07, 6.45) is 0.942. The fourth-order valence-electron chi connectivity index (χ4n) is 1.80. The molecule has 1 aromatic rings. The lowest BCUT2D eigenvalue weighted by Crippen LogP contribution is -2.41. The molecule has 0 aliphatic rings. The Morgan fingerprint density at radius 1 is 1.41 bits per heavy atom. The van der Waals surface area contributed by atoms with E-state index in [1.54, 1.807) is 0 Å². The minimum Gasteiger partial charge on any atom is -0.335 e. The van der Waals surface area contributed by atoms with E-state index >= 15 is 0 Å². The summed E-state index contributed by atoms with van der Waals surface area (Å²) in [7, 11) is 0. The van der Waals surface area contributed by atoms with Crippen molar-refractivity contribution in [1.29, 1.82) is 0 Å². The Labute approximate surface area is 104 Å². The first-order valence-corrected chi connectivity index (χ1v) is 6.14. The van der Waals surface area contributed by atoms with Crippen LogP contribution >= 0.6 is 0 Å². The van der Waals surface area contributed by atoms with E-state index in [1.807, 2.05) is 17.0 Å². The molecule has 0 bridgehead atoms. The maximum atomic E-state index is 11.8. The number of carbonyl (C=O) groups is 1. The molecule has 0 saturated heterocycles. The lowest BCUT2D eigenvalue weighted by atomic mass is 10.1. The Bertz CT molecular complexity index is 376. The van der Waals surface area contributed by atoms with Gasteiger partial charge in [-0.05, 0) is 31.4 Å². The fraction of sp³-hybridized carbons (Fsp3) is 0.500. The smallest absolute Gasteiger partial charge is 0.236 e. The van der Waals surface area contributed by atoms with Gasteiger partial charge < -0.3 is 10.6 Å². The van der Waals surface area contributed by atoms with Crippen LogP contribution < -0.4 is 5.73 Å². The standard InChI is InChI=1S/C14H22N2O/c1-4-12(3)16(14(17)9-15)10-13-8-6-5-7-11(13)2/h5-8,12H,4,9-10,15H2,1-3H3. The van der Waals surface area contributed by atoms with Gasteiger partial charge in [-0.25, -0.2) is 0 Å². The lowest BCUT2D eigenvalue weighted by molar-refractivity contribution is -0.132. The molecule has 3 nitrogen and oxygen atoms in total. The summed E-state index contributed by atoms with van der Waals surface area (Å²) < 4.78 is 0. The molecule has 17 heavy (non-hydrogen) atoms. The van der Waals surface area contributed by atoms with Crippen molar-refractivity contribution in [3.63, 3.8) is 0 Å². The topological polar surface area (TPSA) is 46.3 Å². The minimum absolute atomic E-state index is 0.0163. The molecular formula is C14H22N2O. The largest absolute Gasteiger partial charge is 0.335 e. The number of aryl methyl sites for hydroxylation is 1. The molecule has 0 radical (unpaired) electrons. The van der Waals surface area contributed by atoms with Gasteiger partial charge in [-0.2, -0.15) is 0 Å². The van der Waals surface area contributed by atoms with Crippen LogP contribution in [0, 0.1) is 6.92 Å². The number of hydrogen-bond donors (Lipinski definition) is 1. The third kappa shape index (κ3) is 3.56. The second kappa shape index (κ2) is 6.40. The molecule has 1 atom stereocenters. The highest BCUT2D eigenvalue weighted by Gasteiger charge is 2.18. The molecule has 0 aliphatic carbocycles. The second-order valence-corrected chi connectivity index (χ2v) is 4.41. The van der Waals surface area contributed by atoms with E-state index in [9.17, 15) is 4.79 Å². The van der Waals surface area contributed by atoms with Gasteiger partial charge >= 0.3 is 0 Å². The zero-order valence-electron chi connectivity index (χ0n) is 10.9. The van der Waals surface area contributed by atoms with Crippen molar-refractivity contribution < 1.29 is 4.79 Å². The summed E-state index contributed by atoms with van der Waals surface area (Å²) in [5.41, 5.74) is 7.87. The molecule has 1 rings (SSSR count). The highest BCUT2D eigenvalue weighted by atomic mass is 16.2. The molecule has 0 fully saturated rings. The molecule has 0 spiro atoms. The Morgan fingerprint density at radius 3 is 2.59 bits per heavy atom. The molecule has 0 aromatic heterocycles. The van der Waals surface area contributed by atoms with Crippen LogP contribution in [0.5, 0.6) is 0 Å². The zero-order valence-corrected chi connectivity index (χ0v) is 10.9. The number of amides is 1. The summed E-state index contributed by atoms with van der Waals surface area (Å²) >= 11 is 0. The van der Waals surface area contributed by atoms with Crippen LogP contribution in [0.2, 0.25) is 0 Å². The lowest BCUT2D eigenvalue weighted by Gasteiger charge is -2.29. The summed E-state index contributed by atoms with van der Waals surface area (Å²) in [4.78, 5) is 13.7. The van der Waals surface area contributed by atoms with E-state index in [0.29, 0.717) is 6.54 Å². The second-order valence-electron chi connectivity index (χ2n) is 4.41. The van der Waals surface area contributed by atoms with Gasteiger partial charge in [0.1, 0.15) is 0 Å². The average Bonchev–Trinajstić information content (AvgIpc) is 2.36. The first-order valence-electron chi connectivity index (χ1n) is 6.14. The number of nitrogens with zero attached hydrogens (tertiary/aromatic N) is 1. The highest BCUT2D eigenvalue weighted by molar-refractivity contribution is 5.78. The van der Waals surface area contributed by atoms with E-state index in [-0.39, 0.29) is 18.5 Å². The van der Waals surface area contributed by atoms with Gasteiger partial charge in [0.15, 0.2) is 0 Å². The van der Waals surface area contributed by atoms with E-state index in [1.165, 1.54) is 11.1 Å². The number of nitrogens with two attached hydrogens (primary N) is 1. The first-order chi connectivity index (χ1) is 8.10. The predicted molar refractivity (Wildman–Crippen MR) is 70.5 cm³/mol. The quantitative estimate of drug-likeness (QED) is 0.848. The molecule has 0 aliphatic heterocycles. The third-order valence-electron chi connectivity index (χ3n) is 3.22. The van der Waals surface area contributed by atoms with Crippen molar-refractivity contribution in [3.05, 3.63) is 35.4 Å². The first kappa shape index (κ1) is 13.7. The van der Waals surface area contributed by atoms with E-state index in [2.05, 4.69) is 32.9 Å². The summed E-state index contributed by atoms with van der Waals surface area (Å²) in [6, 6.07) is 8.37. The fourth-order valence-corrected chi connectivity index (χ4v) is 1.80. The maximum Gasteiger partial charge on any atom is 0.236 e. The van der Waals surface area contributed by atoms with Crippen LogP contribution in [-0.2, 0) is 11.3 Å². The molecule has 0 saturated carbocycles. The van der Waals surface area contributed by atoms with Crippen molar-refractivity contribution in [3.8, 4) is 0 Å². The Morgan fingerprint density at radius 2 is 2.06 bits per heavy atom. The minimum atomic E-state index is 0.0163. The van der Waals surface area contributed by atoms with E-state index < -0.39 is 0 Å². The van der Waals surface area contributed by atoms with Crippen LogP contribution in [0.4, 0.5) is 0 Å². The molecule has 1 unspecified atom stereocenters. The van der Waals surface area contributed by atoms with Gasteiger partial charge in [-0.15, -0.1) is 0 Å². The molecule has 1 aromatic carbocycles. The molecule has 0 heterocycles. The maximum absolute atomic E-state index is 11.8. The molecule has 2 N–H and O–H groups in total. The highest BCUT2D eigenvalue weighted by Crippen LogP contribution is 2.14. The van der Waals surface area contributed by atoms with E-state index in [4.69, 9.17) is 5.73 Å². The predicted octanol–water partition coefficient (Wildman–Crippen LogP) is 2.08. The molecular weight excluding hydrogens is 212 g/mol. The van der Waals surface area contributed by atoms with Gasteiger partial charge in [0.25, 0.3) is 0 Å². The van der Waals surface area contributed by atoms with Gasteiger partial charge in [0.05, 0.1) is 6.54 Å². The summed E-state index contributed by atoms with van der Waals surface area (Å²) in [5, 5.41) is 0. The molecule has 3 heteroatoms. The van der Waals surface area contributed by atoms with Crippen molar-refractivity contribution in [1.82, 2.24) is 4.90 Å². The normalized spacial score (nSPS) is 12.2. The number of benzene rings is 1. The van der Waals surface area contributed by atoms with Gasteiger partial charge in [-0.1, -0.05) is 31.2 Å². The van der Waals surface area contributed by atoms with Gasteiger partial charge in [-0.3, -0.25) is 4.79 Å². The van der Waals surface area contributed by atoms with E-state index in [0.717, 1.165) is 6.42 Å². The Kier molecular flexibility index (Phi) is 5.16. The van der Waals surface area contributed by atoms with Crippen molar-refractivity contribution in [2.75, 3.05) is 6.54 Å². The van der Waals surface area contributed by atoms with Gasteiger partial charge in [0.2, 0.25) is 5.91 Å². The Hall–Kier alpha value is -1.35. The van der Waals surface area contributed by atoms with Gasteiger partial charge in [0, 0.05) is 12.6 Å². The summed E-state index contributed by atoms with van der Waals surface area (Å²) in [6.45, 7) is 6.94. The van der Waals surface area contributed by atoms with Crippen LogP contribution in [0.1, 0.15) is 31.4 Å². The Balaban J connectivity index is 2.87. The van der Waals surface area contributed by atoms with Crippen LogP contribution in [0.3, 0.4) is 0 Å². The summed E-state index contributed by atoms with van der Waals surface area (Å²) in [5.74, 6) is 0.0163. The van der Waals surface area contributed by atoms with Crippen LogP contribution in [0.15, 0.2) is 24.3 Å².